The smallest absolute Gasteiger partial charge is 0.232 e. The van der Waals surface area contributed by atoms with Gasteiger partial charge in [0.1, 0.15) is 11.5 Å². The molecule has 90 valence electrons. The molecule has 0 atom stereocenters. The van der Waals surface area contributed by atoms with E-state index in [4.69, 9.17) is 9.15 Å². The molecule has 2 aromatic rings. The van der Waals surface area contributed by atoms with E-state index in [1.165, 1.54) is 0 Å². The topological polar surface area (TPSA) is 48.2 Å². The molecule has 0 unspecified atom stereocenters. The van der Waals surface area contributed by atoms with Gasteiger partial charge in [0.25, 0.3) is 0 Å². The molecule has 0 aliphatic heterocycles. The highest BCUT2D eigenvalue weighted by Gasteiger charge is 2.06. The van der Waals surface area contributed by atoms with Crippen LogP contribution in [-0.4, -0.2) is 9.97 Å². The lowest BCUT2D eigenvalue weighted by Crippen LogP contribution is -1.97. The van der Waals surface area contributed by atoms with E-state index in [0.29, 0.717) is 12.5 Å². The van der Waals surface area contributed by atoms with Crippen LogP contribution >= 0.6 is 0 Å². The summed E-state index contributed by atoms with van der Waals surface area (Å²) in [6, 6.07) is 3.80. The van der Waals surface area contributed by atoms with Crippen LogP contribution in [0.3, 0.4) is 0 Å². The van der Waals surface area contributed by atoms with E-state index in [1.54, 1.807) is 0 Å². The molecule has 4 heteroatoms. The molecule has 0 spiro atoms. The van der Waals surface area contributed by atoms with Gasteiger partial charge in [-0.3, -0.25) is 4.98 Å². The molecule has 2 rings (SSSR count). The third-order valence-corrected chi connectivity index (χ3v) is 2.49. The molecule has 0 saturated heterocycles. The zero-order valence-electron chi connectivity index (χ0n) is 10.6. The summed E-state index contributed by atoms with van der Waals surface area (Å²) >= 11 is 0. The number of aromatic nitrogens is 2. The Kier molecular flexibility index (Phi) is 3.13. The molecule has 0 radical (unpaired) electrons. The first-order chi connectivity index (χ1) is 8.04. The molecule has 0 aliphatic rings. The molecule has 0 fully saturated rings. The van der Waals surface area contributed by atoms with Crippen LogP contribution in [0.4, 0.5) is 0 Å². The second-order valence-electron chi connectivity index (χ2n) is 4.12. The van der Waals surface area contributed by atoms with Crippen LogP contribution in [0.25, 0.3) is 0 Å². The van der Waals surface area contributed by atoms with Gasteiger partial charge >= 0.3 is 0 Å². The molecule has 2 heterocycles. The van der Waals surface area contributed by atoms with Gasteiger partial charge in [-0.25, -0.2) is 4.98 Å². The zero-order valence-corrected chi connectivity index (χ0v) is 10.6. The van der Waals surface area contributed by atoms with Crippen molar-refractivity contribution < 1.29 is 9.15 Å². The van der Waals surface area contributed by atoms with Gasteiger partial charge in [0.05, 0.1) is 5.69 Å². The number of rotatable bonds is 3. The summed E-state index contributed by atoms with van der Waals surface area (Å²) in [5.41, 5.74) is 2.80. The maximum absolute atomic E-state index is 5.63. The molecule has 0 bridgehead atoms. The van der Waals surface area contributed by atoms with Gasteiger partial charge in [-0.2, -0.15) is 0 Å². The average Bonchev–Trinajstić information content (AvgIpc) is 2.54. The Morgan fingerprint density at radius 1 is 1.06 bits per heavy atom. The lowest BCUT2D eigenvalue weighted by molar-refractivity contribution is 0.260. The van der Waals surface area contributed by atoms with Crippen LogP contribution in [0.2, 0.25) is 0 Å². The predicted octanol–water partition coefficient (Wildman–Crippen LogP) is 2.88. The fourth-order valence-corrected chi connectivity index (χ4v) is 1.63. The van der Waals surface area contributed by atoms with E-state index >= 15 is 0 Å². The fraction of sp³-hybridized carbons (Fsp3) is 0.385. The van der Waals surface area contributed by atoms with Crippen LogP contribution in [0, 0.1) is 27.7 Å². The molecule has 0 N–H and O–H groups in total. The highest BCUT2D eigenvalue weighted by Crippen LogP contribution is 2.16. The van der Waals surface area contributed by atoms with Crippen LogP contribution in [0.1, 0.15) is 28.7 Å². The quantitative estimate of drug-likeness (QED) is 0.816. The Morgan fingerprint density at radius 3 is 2.24 bits per heavy atom. The third-order valence-electron chi connectivity index (χ3n) is 2.49. The van der Waals surface area contributed by atoms with Crippen molar-refractivity contribution in [2.75, 3.05) is 0 Å². The number of oxazole rings is 1. The largest absolute Gasteiger partial charge is 0.484 e. The molecule has 0 saturated carbocycles. The van der Waals surface area contributed by atoms with Crippen molar-refractivity contribution in [3.05, 3.63) is 40.9 Å². The first kappa shape index (κ1) is 11.6. The first-order valence-electron chi connectivity index (χ1n) is 5.55. The molecule has 2 aromatic heterocycles. The molecule has 0 aromatic carbocycles. The maximum atomic E-state index is 5.63. The number of nitrogens with zero attached hydrogens (tertiary/aromatic N) is 2. The average molecular weight is 232 g/mol. The second-order valence-corrected chi connectivity index (χ2v) is 4.12. The van der Waals surface area contributed by atoms with Gasteiger partial charge < -0.3 is 9.15 Å². The minimum Gasteiger partial charge on any atom is -0.484 e. The summed E-state index contributed by atoms with van der Waals surface area (Å²) in [5.74, 6) is 2.24. The fourth-order valence-electron chi connectivity index (χ4n) is 1.63. The van der Waals surface area contributed by atoms with Crippen molar-refractivity contribution in [2.24, 2.45) is 0 Å². The predicted molar refractivity (Wildman–Crippen MR) is 64.0 cm³/mol. The number of aryl methyl sites for hydroxylation is 4. The number of hydrogen-bond acceptors (Lipinski definition) is 4. The van der Waals surface area contributed by atoms with Crippen molar-refractivity contribution >= 4 is 0 Å². The van der Waals surface area contributed by atoms with Crippen molar-refractivity contribution in [2.45, 2.75) is 34.3 Å². The number of ether oxygens (including phenoxy) is 1. The summed E-state index contributed by atoms with van der Waals surface area (Å²) in [4.78, 5) is 8.55. The van der Waals surface area contributed by atoms with Crippen molar-refractivity contribution in [1.29, 1.82) is 0 Å². The molecular formula is C13H16N2O2. The van der Waals surface area contributed by atoms with Crippen molar-refractivity contribution in [3.63, 3.8) is 0 Å². The lowest BCUT2D eigenvalue weighted by Gasteiger charge is -2.05. The highest BCUT2D eigenvalue weighted by atomic mass is 16.5. The Morgan fingerprint density at radius 2 is 1.71 bits per heavy atom. The van der Waals surface area contributed by atoms with E-state index in [0.717, 1.165) is 28.6 Å². The van der Waals surface area contributed by atoms with E-state index in [2.05, 4.69) is 9.97 Å². The lowest BCUT2D eigenvalue weighted by atomic mass is 10.3. The Balaban J connectivity index is 2.07. The summed E-state index contributed by atoms with van der Waals surface area (Å²) in [6.07, 6.45) is 0. The Hall–Kier alpha value is -1.84. The molecule has 17 heavy (non-hydrogen) atoms. The SMILES string of the molecule is Cc1cc(OCc2nc(C)c(C)o2)cc(C)n1. The highest BCUT2D eigenvalue weighted by molar-refractivity contribution is 5.26. The minimum absolute atomic E-state index is 0.345. The summed E-state index contributed by atoms with van der Waals surface area (Å²) in [5, 5.41) is 0. The van der Waals surface area contributed by atoms with Gasteiger partial charge in [0.2, 0.25) is 5.89 Å². The Bertz CT molecular complexity index is 492. The van der Waals surface area contributed by atoms with Crippen LogP contribution in [0.15, 0.2) is 16.5 Å². The van der Waals surface area contributed by atoms with E-state index in [1.807, 2.05) is 39.8 Å². The third kappa shape index (κ3) is 2.84. The van der Waals surface area contributed by atoms with Gasteiger partial charge in [-0.05, 0) is 27.7 Å². The molecule has 0 amide bonds. The van der Waals surface area contributed by atoms with E-state index in [-0.39, 0.29) is 0 Å². The van der Waals surface area contributed by atoms with Crippen LogP contribution in [-0.2, 0) is 6.61 Å². The zero-order chi connectivity index (χ0) is 12.4. The monoisotopic (exact) mass is 232 g/mol. The van der Waals surface area contributed by atoms with Gasteiger partial charge in [-0.15, -0.1) is 0 Å². The van der Waals surface area contributed by atoms with E-state index < -0.39 is 0 Å². The maximum Gasteiger partial charge on any atom is 0.232 e. The summed E-state index contributed by atoms with van der Waals surface area (Å²) in [7, 11) is 0. The first-order valence-corrected chi connectivity index (χ1v) is 5.55. The van der Waals surface area contributed by atoms with Crippen LogP contribution < -0.4 is 4.74 Å². The normalized spacial score (nSPS) is 10.6. The second kappa shape index (κ2) is 4.57. The Labute approximate surface area is 101 Å². The minimum atomic E-state index is 0.345. The van der Waals surface area contributed by atoms with Crippen molar-refractivity contribution in [1.82, 2.24) is 9.97 Å². The molecule has 4 nitrogen and oxygen atoms in total. The standard InChI is InChI=1S/C13H16N2O2/c1-8-5-12(6-9(2)14-8)16-7-13-15-10(3)11(4)17-13/h5-6H,7H2,1-4H3. The summed E-state index contributed by atoms with van der Waals surface area (Å²) < 4.78 is 11.1. The van der Waals surface area contributed by atoms with Gasteiger partial charge in [-0.1, -0.05) is 0 Å². The molecule has 0 aliphatic carbocycles. The summed E-state index contributed by atoms with van der Waals surface area (Å²) in [6.45, 7) is 8.05. The number of pyridine rings is 1. The van der Waals surface area contributed by atoms with E-state index in [9.17, 15) is 0 Å². The van der Waals surface area contributed by atoms with Crippen LogP contribution in [0.5, 0.6) is 5.75 Å². The van der Waals surface area contributed by atoms with Gasteiger partial charge in [0, 0.05) is 23.5 Å². The van der Waals surface area contributed by atoms with Crippen molar-refractivity contribution in [3.8, 4) is 5.75 Å². The number of hydrogen-bond donors (Lipinski definition) is 0. The van der Waals surface area contributed by atoms with Gasteiger partial charge in [0.15, 0.2) is 6.61 Å². The molecular weight excluding hydrogens is 216 g/mol.